The number of hydrogen-bond donors (Lipinski definition) is 1. The Labute approximate surface area is 86.3 Å². The first-order valence-electron chi connectivity index (χ1n) is 5.68. The van der Waals surface area contributed by atoms with E-state index in [1.807, 2.05) is 0 Å². The van der Waals surface area contributed by atoms with Crippen LogP contribution in [0.1, 0.15) is 32.1 Å². The van der Waals surface area contributed by atoms with Gasteiger partial charge in [-0.2, -0.15) is 0 Å². The van der Waals surface area contributed by atoms with E-state index in [2.05, 4.69) is 10.8 Å². The zero-order chi connectivity index (χ0) is 9.97. The van der Waals surface area contributed by atoms with Gasteiger partial charge in [-0.15, -0.1) is 6.42 Å². The second-order valence-electron chi connectivity index (χ2n) is 4.55. The van der Waals surface area contributed by atoms with Crippen LogP contribution in [-0.2, 0) is 0 Å². The molecule has 2 rings (SSSR count). The summed E-state index contributed by atoms with van der Waals surface area (Å²) in [7, 11) is 0. The zero-order valence-electron chi connectivity index (χ0n) is 8.65. The molecule has 78 valence electrons. The summed E-state index contributed by atoms with van der Waals surface area (Å²) in [5.74, 6) is 3.21. The third-order valence-electron chi connectivity index (χ3n) is 3.73. The molecule has 0 radical (unpaired) electrons. The molecule has 0 aromatic rings. The maximum Gasteiger partial charge on any atom is 0.0601 e. The fourth-order valence-corrected chi connectivity index (χ4v) is 3.07. The van der Waals surface area contributed by atoms with Crippen molar-refractivity contribution in [1.29, 1.82) is 0 Å². The van der Waals surface area contributed by atoms with Crippen LogP contribution in [-0.4, -0.2) is 35.2 Å². The van der Waals surface area contributed by atoms with E-state index < -0.39 is 0 Å². The van der Waals surface area contributed by atoms with Crippen LogP contribution in [0.4, 0.5) is 0 Å². The van der Waals surface area contributed by atoms with Crippen molar-refractivity contribution in [3.05, 3.63) is 0 Å². The summed E-state index contributed by atoms with van der Waals surface area (Å²) in [6.07, 6.45) is 11.1. The first kappa shape index (κ1) is 10.0. The van der Waals surface area contributed by atoms with Crippen LogP contribution in [0.25, 0.3) is 0 Å². The molecular weight excluding hydrogens is 174 g/mol. The zero-order valence-corrected chi connectivity index (χ0v) is 8.65. The highest BCUT2D eigenvalue weighted by Crippen LogP contribution is 2.35. The molecule has 0 amide bonds. The predicted octanol–water partition coefficient (Wildman–Crippen LogP) is 1.24. The van der Waals surface area contributed by atoms with Crippen molar-refractivity contribution < 1.29 is 5.11 Å². The molecule has 2 aliphatic rings. The second kappa shape index (κ2) is 4.33. The van der Waals surface area contributed by atoms with Crippen molar-refractivity contribution >= 4 is 0 Å². The number of hydrogen-bond acceptors (Lipinski definition) is 2. The van der Waals surface area contributed by atoms with Crippen LogP contribution in [0, 0.1) is 18.3 Å². The van der Waals surface area contributed by atoms with Gasteiger partial charge in [-0.05, 0) is 32.2 Å². The maximum absolute atomic E-state index is 9.86. The average Bonchev–Trinajstić information content (AvgIpc) is 2.74. The van der Waals surface area contributed by atoms with Crippen LogP contribution in [0.3, 0.4) is 0 Å². The molecule has 2 nitrogen and oxygen atoms in total. The molecule has 0 bridgehead atoms. The lowest BCUT2D eigenvalue weighted by Crippen LogP contribution is -2.39. The fraction of sp³-hybridized carbons (Fsp3) is 0.833. The van der Waals surface area contributed by atoms with Gasteiger partial charge in [0.1, 0.15) is 0 Å². The molecule has 0 aromatic carbocycles. The molecule has 1 aliphatic heterocycles. The van der Waals surface area contributed by atoms with Crippen molar-refractivity contribution in [3.63, 3.8) is 0 Å². The van der Waals surface area contributed by atoms with Crippen LogP contribution in [0.15, 0.2) is 0 Å². The molecule has 3 unspecified atom stereocenters. The van der Waals surface area contributed by atoms with E-state index in [0.717, 1.165) is 19.5 Å². The number of rotatable bonds is 2. The van der Waals surface area contributed by atoms with Gasteiger partial charge in [0, 0.05) is 12.0 Å². The number of nitrogens with zero attached hydrogens (tertiary/aromatic N) is 1. The highest BCUT2D eigenvalue weighted by molar-refractivity contribution is 4.97. The molecule has 1 heterocycles. The number of terminal acetylenes is 1. The Morgan fingerprint density at radius 2 is 2.14 bits per heavy atom. The summed E-state index contributed by atoms with van der Waals surface area (Å²) in [5.41, 5.74) is 0. The maximum atomic E-state index is 9.86. The van der Waals surface area contributed by atoms with E-state index in [1.54, 1.807) is 0 Å². The minimum absolute atomic E-state index is 0.0709. The Morgan fingerprint density at radius 1 is 1.29 bits per heavy atom. The predicted molar refractivity (Wildman–Crippen MR) is 56.8 cm³/mol. The van der Waals surface area contributed by atoms with E-state index in [4.69, 9.17) is 6.42 Å². The van der Waals surface area contributed by atoms with Gasteiger partial charge in [-0.1, -0.05) is 12.3 Å². The number of aliphatic hydroxyl groups is 1. The quantitative estimate of drug-likeness (QED) is 0.667. The highest BCUT2D eigenvalue weighted by atomic mass is 16.3. The molecule has 2 fully saturated rings. The van der Waals surface area contributed by atoms with Crippen LogP contribution >= 0.6 is 0 Å². The summed E-state index contributed by atoms with van der Waals surface area (Å²) < 4.78 is 0. The van der Waals surface area contributed by atoms with Gasteiger partial charge in [0.25, 0.3) is 0 Å². The Balaban J connectivity index is 1.98. The van der Waals surface area contributed by atoms with E-state index in [-0.39, 0.29) is 6.10 Å². The molecule has 1 aliphatic carbocycles. The Bertz CT molecular complexity index is 233. The summed E-state index contributed by atoms with van der Waals surface area (Å²) in [5, 5.41) is 9.86. The molecule has 1 saturated carbocycles. The van der Waals surface area contributed by atoms with Crippen molar-refractivity contribution in [3.8, 4) is 12.3 Å². The summed E-state index contributed by atoms with van der Waals surface area (Å²) in [6.45, 7) is 1.88. The number of aliphatic hydroxyl groups excluding tert-OH is 1. The largest absolute Gasteiger partial charge is 0.393 e. The molecule has 1 saturated heterocycles. The summed E-state index contributed by atoms with van der Waals surface area (Å²) in [4.78, 5) is 2.37. The van der Waals surface area contributed by atoms with Crippen molar-refractivity contribution in [2.24, 2.45) is 5.92 Å². The first-order chi connectivity index (χ1) is 6.83. The second-order valence-corrected chi connectivity index (χ2v) is 4.55. The Hall–Kier alpha value is -0.520. The van der Waals surface area contributed by atoms with Crippen LogP contribution < -0.4 is 0 Å². The van der Waals surface area contributed by atoms with E-state index in [1.165, 1.54) is 25.7 Å². The smallest absolute Gasteiger partial charge is 0.0601 e. The van der Waals surface area contributed by atoms with Gasteiger partial charge in [0.2, 0.25) is 0 Å². The van der Waals surface area contributed by atoms with Crippen molar-refractivity contribution in [1.82, 2.24) is 4.90 Å². The van der Waals surface area contributed by atoms with Crippen LogP contribution in [0.2, 0.25) is 0 Å². The fourth-order valence-electron chi connectivity index (χ4n) is 3.07. The molecule has 0 spiro atoms. The SMILES string of the molecule is C#CCN1CCCC1C1CCCC1O. The van der Waals surface area contributed by atoms with Crippen molar-refractivity contribution in [2.75, 3.05) is 13.1 Å². The normalized spacial score (nSPS) is 38.7. The summed E-state index contributed by atoms with van der Waals surface area (Å²) >= 11 is 0. The van der Waals surface area contributed by atoms with E-state index >= 15 is 0 Å². The molecule has 0 aromatic heterocycles. The van der Waals surface area contributed by atoms with Crippen molar-refractivity contribution in [2.45, 2.75) is 44.2 Å². The topological polar surface area (TPSA) is 23.5 Å². The van der Waals surface area contributed by atoms with Gasteiger partial charge in [-0.25, -0.2) is 0 Å². The van der Waals surface area contributed by atoms with Gasteiger partial charge in [0.05, 0.1) is 12.6 Å². The third-order valence-corrected chi connectivity index (χ3v) is 3.73. The first-order valence-corrected chi connectivity index (χ1v) is 5.68. The van der Waals surface area contributed by atoms with E-state index in [9.17, 15) is 5.11 Å². The van der Waals surface area contributed by atoms with Gasteiger partial charge in [0.15, 0.2) is 0 Å². The van der Waals surface area contributed by atoms with Gasteiger partial charge in [-0.3, -0.25) is 4.90 Å². The molecule has 2 heteroatoms. The average molecular weight is 193 g/mol. The third kappa shape index (κ3) is 1.80. The monoisotopic (exact) mass is 193 g/mol. The highest BCUT2D eigenvalue weighted by Gasteiger charge is 2.37. The Kier molecular flexibility index (Phi) is 3.10. The molecule has 14 heavy (non-hydrogen) atoms. The Morgan fingerprint density at radius 3 is 2.79 bits per heavy atom. The standard InChI is InChI=1S/C12H19NO/c1-2-8-13-9-4-6-11(13)10-5-3-7-12(10)14/h1,10-12,14H,3-9H2. The van der Waals surface area contributed by atoms with Gasteiger partial charge < -0.3 is 5.11 Å². The lowest BCUT2D eigenvalue weighted by Gasteiger charge is -2.29. The lowest BCUT2D eigenvalue weighted by atomic mass is 9.94. The lowest BCUT2D eigenvalue weighted by molar-refractivity contribution is 0.0796. The van der Waals surface area contributed by atoms with Crippen LogP contribution in [0.5, 0.6) is 0 Å². The van der Waals surface area contributed by atoms with E-state index in [0.29, 0.717) is 12.0 Å². The minimum atomic E-state index is -0.0709. The molecule has 1 N–H and O–H groups in total. The van der Waals surface area contributed by atoms with Gasteiger partial charge >= 0.3 is 0 Å². The summed E-state index contributed by atoms with van der Waals surface area (Å²) in [6, 6.07) is 0.559. The minimum Gasteiger partial charge on any atom is -0.393 e. The molecule has 3 atom stereocenters. The molecular formula is C12H19NO. The number of likely N-dealkylation sites (tertiary alicyclic amines) is 1.